The first-order chi connectivity index (χ1) is 7.99. The number of sulfonamides is 1. The molecule has 0 aliphatic heterocycles. The van der Waals surface area contributed by atoms with Crippen molar-refractivity contribution in [3.8, 4) is 6.07 Å². The molecule has 17 heavy (non-hydrogen) atoms. The smallest absolute Gasteiger partial charge is 0.240 e. The average molecular weight is 254 g/mol. The van der Waals surface area contributed by atoms with E-state index < -0.39 is 10.0 Å². The van der Waals surface area contributed by atoms with Gasteiger partial charge in [0.25, 0.3) is 0 Å². The first-order valence-corrected chi connectivity index (χ1v) is 6.61. The predicted octanol–water partition coefficient (Wildman–Crippen LogP) is 0.607. The molecule has 1 rings (SSSR count). The Hall–Kier alpha value is -1.42. The fourth-order valence-electron chi connectivity index (χ4n) is 1.29. The highest BCUT2D eigenvalue weighted by atomic mass is 32.2. The monoisotopic (exact) mass is 254 g/mol. The van der Waals surface area contributed by atoms with Crippen LogP contribution in [-0.2, 0) is 10.0 Å². The number of aliphatic hydroxyl groups excluding tert-OH is 1. The zero-order valence-electron chi connectivity index (χ0n) is 9.42. The largest absolute Gasteiger partial charge is 0.396 e. The van der Waals surface area contributed by atoms with E-state index in [-0.39, 0.29) is 17.5 Å². The van der Waals surface area contributed by atoms with Gasteiger partial charge >= 0.3 is 0 Å². The Kier molecular flexibility index (Phi) is 4.63. The summed E-state index contributed by atoms with van der Waals surface area (Å²) in [6.45, 7) is 1.61. The molecule has 5 nitrogen and oxygen atoms in total. The Morgan fingerprint density at radius 3 is 2.47 bits per heavy atom. The highest BCUT2D eigenvalue weighted by Gasteiger charge is 2.16. The number of hydrogen-bond donors (Lipinski definition) is 2. The lowest BCUT2D eigenvalue weighted by atomic mass is 10.2. The molecule has 0 bridgehead atoms. The topological polar surface area (TPSA) is 90.2 Å². The van der Waals surface area contributed by atoms with Crippen LogP contribution in [0.1, 0.15) is 18.9 Å². The summed E-state index contributed by atoms with van der Waals surface area (Å²) in [5.74, 6) is 0. The molecule has 92 valence electrons. The zero-order chi connectivity index (χ0) is 12.9. The lowest BCUT2D eigenvalue weighted by molar-refractivity contribution is 0.275. The van der Waals surface area contributed by atoms with Crippen molar-refractivity contribution in [2.24, 2.45) is 0 Å². The van der Waals surface area contributed by atoms with Gasteiger partial charge in [-0.1, -0.05) is 0 Å². The van der Waals surface area contributed by atoms with E-state index >= 15 is 0 Å². The first kappa shape index (κ1) is 13.6. The van der Waals surface area contributed by atoms with Gasteiger partial charge in [-0.25, -0.2) is 13.1 Å². The van der Waals surface area contributed by atoms with E-state index in [1.165, 1.54) is 24.3 Å². The molecule has 0 aliphatic rings. The third-order valence-electron chi connectivity index (χ3n) is 2.21. The lowest BCUT2D eigenvalue weighted by Gasteiger charge is -2.12. The van der Waals surface area contributed by atoms with Gasteiger partial charge in [0.2, 0.25) is 10.0 Å². The molecule has 1 aromatic carbocycles. The molecule has 0 heterocycles. The SMILES string of the molecule is CC(CCO)NS(=O)(=O)c1ccc(C#N)cc1. The Morgan fingerprint density at radius 2 is 2.00 bits per heavy atom. The predicted molar refractivity (Wildman–Crippen MR) is 62.6 cm³/mol. The second-order valence-corrected chi connectivity index (χ2v) is 5.38. The normalized spacial score (nSPS) is 13.0. The van der Waals surface area contributed by atoms with Crippen LogP contribution < -0.4 is 4.72 Å². The van der Waals surface area contributed by atoms with Crippen LogP contribution in [0.25, 0.3) is 0 Å². The van der Waals surface area contributed by atoms with Gasteiger partial charge in [0.1, 0.15) is 0 Å². The van der Waals surface area contributed by atoms with Crippen LogP contribution in [0.4, 0.5) is 0 Å². The maximum Gasteiger partial charge on any atom is 0.240 e. The van der Waals surface area contributed by atoms with Gasteiger partial charge in [-0.15, -0.1) is 0 Å². The Morgan fingerprint density at radius 1 is 1.41 bits per heavy atom. The fraction of sp³-hybridized carbons (Fsp3) is 0.364. The fourth-order valence-corrected chi connectivity index (χ4v) is 2.57. The van der Waals surface area contributed by atoms with Crippen LogP contribution in [-0.4, -0.2) is 26.2 Å². The average Bonchev–Trinajstić information content (AvgIpc) is 2.28. The molecule has 0 saturated heterocycles. The third kappa shape index (κ3) is 3.82. The molecule has 6 heteroatoms. The van der Waals surface area contributed by atoms with E-state index in [4.69, 9.17) is 10.4 Å². The maximum absolute atomic E-state index is 11.8. The minimum atomic E-state index is -3.58. The molecule has 0 aliphatic carbocycles. The van der Waals surface area contributed by atoms with Gasteiger partial charge in [0.05, 0.1) is 16.5 Å². The number of aliphatic hydroxyl groups is 1. The number of nitriles is 1. The summed E-state index contributed by atoms with van der Waals surface area (Å²) in [5.41, 5.74) is 0.410. The highest BCUT2D eigenvalue weighted by Crippen LogP contribution is 2.11. The number of nitrogens with zero attached hydrogens (tertiary/aromatic N) is 1. The summed E-state index contributed by atoms with van der Waals surface area (Å²) in [6, 6.07) is 7.25. The maximum atomic E-state index is 11.8. The van der Waals surface area contributed by atoms with Gasteiger partial charge in [-0.3, -0.25) is 0 Å². The minimum absolute atomic E-state index is 0.0724. The van der Waals surface area contributed by atoms with Crippen molar-refractivity contribution in [3.63, 3.8) is 0 Å². The van der Waals surface area contributed by atoms with E-state index in [2.05, 4.69) is 4.72 Å². The quantitative estimate of drug-likeness (QED) is 0.805. The van der Waals surface area contributed by atoms with Crippen LogP contribution in [0, 0.1) is 11.3 Å². The van der Waals surface area contributed by atoms with E-state index in [0.29, 0.717) is 12.0 Å². The number of hydrogen-bond acceptors (Lipinski definition) is 4. The van der Waals surface area contributed by atoms with E-state index in [1.54, 1.807) is 6.92 Å². The van der Waals surface area contributed by atoms with Gasteiger partial charge < -0.3 is 5.11 Å². The molecule has 0 amide bonds. The molecule has 0 spiro atoms. The summed E-state index contributed by atoms with van der Waals surface area (Å²) in [4.78, 5) is 0.112. The van der Waals surface area contributed by atoms with E-state index in [0.717, 1.165) is 0 Å². The van der Waals surface area contributed by atoms with Crippen molar-refractivity contribution in [3.05, 3.63) is 29.8 Å². The molecule has 1 unspecified atom stereocenters. The van der Waals surface area contributed by atoms with E-state index in [1.807, 2.05) is 6.07 Å². The molecule has 0 fully saturated rings. The van der Waals surface area contributed by atoms with Gasteiger partial charge in [0, 0.05) is 12.6 Å². The van der Waals surface area contributed by atoms with Gasteiger partial charge in [-0.2, -0.15) is 5.26 Å². The second-order valence-electron chi connectivity index (χ2n) is 3.67. The summed E-state index contributed by atoms with van der Waals surface area (Å²) >= 11 is 0. The zero-order valence-corrected chi connectivity index (χ0v) is 10.2. The molecular formula is C11H14N2O3S. The van der Waals surface area contributed by atoms with Crippen molar-refractivity contribution >= 4 is 10.0 Å². The summed E-state index contributed by atoms with van der Waals surface area (Å²) in [5, 5.41) is 17.3. The van der Waals surface area contributed by atoms with Crippen LogP contribution in [0.15, 0.2) is 29.2 Å². The summed E-state index contributed by atoms with van der Waals surface area (Å²) < 4.78 is 26.1. The second kappa shape index (κ2) is 5.77. The summed E-state index contributed by atoms with van der Waals surface area (Å²) in [7, 11) is -3.58. The van der Waals surface area contributed by atoms with Crippen LogP contribution in [0.5, 0.6) is 0 Å². The Labute approximate surface area is 101 Å². The van der Waals surface area contributed by atoms with Crippen molar-refractivity contribution < 1.29 is 13.5 Å². The standard InChI is InChI=1S/C11H14N2O3S/c1-9(6-7-14)13-17(15,16)11-4-2-10(8-12)3-5-11/h2-5,9,13-14H,6-7H2,1H3. The van der Waals surface area contributed by atoms with Crippen LogP contribution in [0.2, 0.25) is 0 Å². The van der Waals surface area contributed by atoms with Crippen LogP contribution >= 0.6 is 0 Å². The number of benzene rings is 1. The van der Waals surface area contributed by atoms with Crippen molar-refractivity contribution in [2.75, 3.05) is 6.61 Å². The molecule has 0 saturated carbocycles. The minimum Gasteiger partial charge on any atom is -0.396 e. The Bertz CT molecular complexity index is 503. The highest BCUT2D eigenvalue weighted by molar-refractivity contribution is 7.89. The lowest BCUT2D eigenvalue weighted by Crippen LogP contribution is -2.33. The first-order valence-electron chi connectivity index (χ1n) is 5.13. The Balaban J connectivity index is 2.86. The molecule has 0 aromatic heterocycles. The molecular weight excluding hydrogens is 240 g/mol. The molecule has 2 N–H and O–H groups in total. The van der Waals surface area contributed by atoms with Gasteiger partial charge in [-0.05, 0) is 37.6 Å². The third-order valence-corrected chi connectivity index (χ3v) is 3.82. The van der Waals surface area contributed by atoms with Gasteiger partial charge in [0.15, 0.2) is 0 Å². The number of nitrogens with one attached hydrogen (secondary N) is 1. The molecule has 1 atom stereocenters. The number of rotatable bonds is 5. The van der Waals surface area contributed by atoms with Crippen molar-refractivity contribution in [2.45, 2.75) is 24.3 Å². The summed E-state index contributed by atoms with van der Waals surface area (Å²) in [6.07, 6.45) is 0.357. The molecule has 1 aromatic rings. The van der Waals surface area contributed by atoms with Crippen molar-refractivity contribution in [1.29, 1.82) is 5.26 Å². The van der Waals surface area contributed by atoms with E-state index in [9.17, 15) is 8.42 Å². The van der Waals surface area contributed by atoms with Crippen LogP contribution in [0.3, 0.4) is 0 Å². The molecule has 0 radical (unpaired) electrons. The van der Waals surface area contributed by atoms with Crippen molar-refractivity contribution in [1.82, 2.24) is 4.72 Å².